The van der Waals surface area contributed by atoms with Crippen LogP contribution >= 0.6 is 0 Å². The third-order valence-electron chi connectivity index (χ3n) is 3.05. The number of anilines is 1. The van der Waals surface area contributed by atoms with E-state index in [0.717, 1.165) is 5.75 Å². The van der Waals surface area contributed by atoms with Crippen LogP contribution in [0, 0.1) is 11.3 Å². The minimum atomic E-state index is 0.0541. The van der Waals surface area contributed by atoms with Gasteiger partial charge in [-0.2, -0.15) is 5.26 Å². The van der Waals surface area contributed by atoms with Crippen molar-refractivity contribution in [2.24, 2.45) is 0 Å². The number of hydrogen-bond acceptors (Lipinski definition) is 3. The van der Waals surface area contributed by atoms with Crippen molar-refractivity contribution in [2.45, 2.75) is 26.2 Å². The lowest BCUT2D eigenvalue weighted by Crippen LogP contribution is -2.10. The predicted octanol–water partition coefficient (Wildman–Crippen LogP) is 4.23. The molecular weight excluding hydrogens is 248 g/mol. The molecule has 2 N–H and O–H groups in total. The van der Waals surface area contributed by atoms with Crippen molar-refractivity contribution < 1.29 is 4.74 Å². The molecule has 0 atom stereocenters. The number of ether oxygens (including phenoxy) is 1. The van der Waals surface area contributed by atoms with Crippen molar-refractivity contribution in [2.75, 3.05) is 5.73 Å². The molecule has 2 aromatic carbocycles. The maximum Gasteiger partial charge on any atom is 0.145 e. The van der Waals surface area contributed by atoms with E-state index in [-0.39, 0.29) is 5.41 Å². The Kier molecular flexibility index (Phi) is 3.67. The summed E-state index contributed by atoms with van der Waals surface area (Å²) in [7, 11) is 0. The minimum absolute atomic E-state index is 0.0541. The molecule has 0 radical (unpaired) electrons. The van der Waals surface area contributed by atoms with Gasteiger partial charge in [0.05, 0.1) is 5.56 Å². The molecule has 3 heteroatoms. The Labute approximate surface area is 119 Å². The van der Waals surface area contributed by atoms with E-state index in [1.54, 1.807) is 18.2 Å². The van der Waals surface area contributed by atoms with Crippen LogP contribution in [0.1, 0.15) is 31.9 Å². The summed E-state index contributed by atoms with van der Waals surface area (Å²) in [4.78, 5) is 0. The monoisotopic (exact) mass is 266 g/mol. The Balaban J connectivity index is 2.34. The van der Waals surface area contributed by atoms with Crippen LogP contribution in [0.4, 0.5) is 5.69 Å². The zero-order chi connectivity index (χ0) is 14.8. The van der Waals surface area contributed by atoms with Gasteiger partial charge in [-0.3, -0.25) is 0 Å². The summed E-state index contributed by atoms with van der Waals surface area (Å²) in [5, 5.41) is 9.12. The number of nitrogens with two attached hydrogens (primary N) is 1. The van der Waals surface area contributed by atoms with E-state index in [4.69, 9.17) is 15.7 Å². The molecule has 0 saturated carbocycles. The highest BCUT2D eigenvalue weighted by Gasteiger charge is 2.14. The topological polar surface area (TPSA) is 59.0 Å². The fourth-order valence-corrected chi connectivity index (χ4v) is 1.88. The van der Waals surface area contributed by atoms with Crippen LogP contribution in [0.25, 0.3) is 0 Å². The van der Waals surface area contributed by atoms with E-state index in [1.165, 1.54) is 5.56 Å². The van der Waals surface area contributed by atoms with Gasteiger partial charge in [-0.05, 0) is 41.3 Å². The zero-order valence-electron chi connectivity index (χ0n) is 12.0. The lowest BCUT2D eigenvalue weighted by molar-refractivity contribution is 0.477. The van der Waals surface area contributed by atoms with Gasteiger partial charge in [0.25, 0.3) is 0 Å². The fourth-order valence-electron chi connectivity index (χ4n) is 1.88. The molecule has 0 bridgehead atoms. The molecular formula is C17H18N2O. The smallest absolute Gasteiger partial charge is 0.145 e. The molecule has 0 amide bonds. The molecule has 0 aromatic heterocycles. The maximum atomic E-state index is 9.12. The Morgan fingerprint density at radius 1 is 1.10 bits per heavy atom. The molecule has 0 spiro atoms. The number of rotatable bonds is 2. The van der Waals surface area contributed by atoms with E-state index in [0.29, 0.717) is 17.0 Å². The van der Waals surface area contributed by atoms with Gasteiger partial charge in [0.15, 0.2) is 0 Å². The van der Waals surface area contributed by atoms with Gasteiger partial charge in [-0.25, -0.2) is 0 Å². The van der Waals surface area contributed by atoms with Crippen molar-refractivity contribution in [1.82, 2.24) is 0 Å². The Hall–Kier alpha value is -2.47. The van der Waals surface area contributed by atoms with Crippen LogP contribution in [0.5, 0.6) is 11.5 Å². The van der Waals surface area contributed by atoms with E-state index < -0.39 is 0 Å². The first-order valence-corrected chi connectivity index (χ1v) is 6.48. The van der Waals surface area contributed by atoms with Crippen molar-refractivity contribution >= 4 is 5.69 Å². The Morgan fingerprint density at radius 3 is 2.50 bits per heavy atom. The summed E-state index contributed by atoms with van der Waals surface area (Å²) in [5.41, 5.74) is 7.90. The summed E-state index contributed by atoms with van der Waals surface area (Å²) < 4.78 is 5.81. The second kappa shape index (κ2) is 5.26. The van der Waals surface area contributed by atoms with Crippen LogP contribution < -0.4 is 10.5 Å². The Morgan fingerprint density at radius 2 is 1.85 bits per heavy atom. The first-order valence-electron chi connectivity index (χ1n) is 6.48. The molecule has 3 nitrogen and oxygen atoms in total. The standard InChI is InChI=1S/C17H18N2O/c1-17(2,3)13-5-4-6-15(10-13)20-16-8-7-14(19)9-12(16)11-18/h4-10H,19H2,1-3H3. The summed E-state index contributed by atoms with van der Waals surface area (Å²) >= 11 is 0. The van der Waals surface area contributed by atoms with Gasteiger partial charge in [-0.15, -0.1) is 0 Å². The lowest BCUT2D eigenvalue weighted by atomic mass is 9.87. The molecule has 0 fully saturated rings. The van der Waals surface area contributed by atoms with Crippen LogP contribution in [0.15, 0.2) is 42.5 Å². The van der Waals surface area contributed by atoms with Crippen molar-refractivity contribution in [3.05, 3.63) is 53.6 Å². The zero-order valence-corrected chi connectivity index (χ0v) is 12.0. The van der Waals surface area contributed by atoms with Crippen LogP contribution in [-0.4, -0.2) is 0 Å². The van der Waals surface area contributed by atoms with Gasteiger partial charge in [0, 0.05) is 5.69 Å². The highest BCUT2D eigenvalue weighted by Crippen LogP contribution is 2.30. The normalized spacial score (nSPS) is 10.9. The van der Waals surface area contributed by atoms with Gasteiger partial charge < -0.3 is 10.5 Å². The molecule has 0 aliphatic rings. The second-order valence-electron chi connectivity index (χ2n) is 5.75. The van der Waals surface area contributed by atoms with Crippen LogP contribution in [0.3, 0.4) is 0 Å². The summed E-state index contributed by atoms with van der Waals surface area (Å²) in [6, 6.07) is 15.1. The third kappa shape index (κ3) is 3.10. The van der Waals surface area contributed by atoms with Gasteiger partial charge >= 0.3 is 0 Å². The van der Waals surface area contributed by atoms with E-state index in [1.807, 2.05) is 18.2 Å². The van der Waals surface area contributed by atoms with Crippen LogP contribution in [-0.2, 0) is 5.41 Å². The molecule has 0 unspecified atom stereocenters. The molecule has 2 rings (SSSR count). The van der Waals surface area contributed by atoms with Gasteiger partial charge in [0.2, 0.25) is 0 Å². The van der Waals surface area contributed by atoms with E-state index in [9.17, 15) is 0 Å². The summed E-state index contributed by atoms with van der Waals surface area (Å²) in [6.45, 7) is 6.45. The highest BCUT2D eigenvalue weighted by atomic mass is 16.5. The highest BCUT2D eigenvalue weighted by molar-refractivity contribution is 5.54. The minimum Gasteiger partial charge on any atom is -0.456 e. The molecule has 0 saturated heterocycles. The van der Waals surface area contributed by atoms with Gasteiger partial charge in [0.1, 0.15) is 17.6 Å². The molecule has 20 heavy (non-hydrogen) atoms. The summed E-state index contributed by atoms with van der Waals surface area (Å²) in [5.74, 6) is 1.24. The first-order chi connectivity index (χ1) is 9.40. The summed E-state index contributed by atoms with van der Waals surface area (Å²) in [6.07, 6.45) is 0. The Bertz CT molecular complexity index is 663. The SMILES string of the molecule is CC(C)(C)c1cccc(Oc2ccc(N)cc2C#N)c1. The van der Waals surface area contributed by atoms with Crippen molar-refractivity contribution in [1.29, 1.82) is 5.26 Å². The number of benzene rings is 2. The number of nitrogen functional groups attached to an aromatic ring is 1. The van der Waals surface area contributed by atoms with Gasteiger partial charge in [-0.1, -0.05) is 32.9 Å². The number of nitrogens with zero attached hydrogens (tertiary/aromatic N) is 1. The second-order valence-corrected chi connectivity index (χ2v) is 5.75. The molecule has 102 valence electrons. The van der Waals surface area contributed by atoms with Crippen LogP contribution in [0.2, 0.25) is 0 Å². The number of hydrogen-bond donors (Lipinski definition) is 1. The first kappa shape index (κ1) is 14.0. The number of nitriles is 1. The maximum absolute atomic E-state index is 9.12. The molecule has 2 aromatic rings. The third-order valence-corrected chi connectivity index (χ3v) is 3.05. The molecule has 0 heterocycles. The molecule has 0 aliphatic carbocycles. The van der Waals surface area contributed by atoms with E-state index in [2.05, 4.69) is 32.9 Å². The largest absolute Gasteiger partial charge is 0.456 e. The predicted molar refractivity (Wildman–Crippen MR) is 80.8 cm³/mol. The van der Waals surface area contributed by atoms with Crippen molar-refractivity contribution in [3.8, 4) is 17.6 Å². The quantitative estimate of drug-likeness (QED) is 0.827. The average molecular weight is 266 g/mol. The van der Waals surface area contributed by atoms with E-state index >= 15 is 0 Å². The van der Waals surface area contributed by atoms with Crippen molar-refractivity contribution in [3.63, 3.8) is 0 Å². The lowest BCUT2D eigenvalue weighted by Gasteiger charge is -2.19. The molecule has 0 aliphatic heterocycles. The fraction of sp³-hybridized carbons (Fsp3) is 0.235. The average Bonchev–Trinajstić information content (AvgIpc) is 2.40.